The molecule has 0 saturated heterocycles. The van der Waals surface area contributed by atoms with Gasteiger partial charge in [-0.2, -0.15) is 0 Å². The second-order valence-corrected chi connectivity index (χ2v) is 3.69. The predicted molar refractivity (Wildman–Crippen MR) is 50.8 cm³/mol. The highest BCUT2D eigenvalue weighted by Crippen LogP contribution is 2.30. The molecule has 0 aliphatic heterocycles. The van der Waals surface area contributed by atoms with Crippen molar-refractivity contribution in [1.29, 1.82) is 0 Å². The van der Waals surface area contributed by atoms with Crippen LogP contribution < -0.4 is 11.1 Å². The monoisotopic (exact) mass is 214 g/mol. The van der Waals surface area contributed by atoms with Gasteiger partial charge in [0.2, 0.25) is 5.91 Å². The van der Waals surface area contributed by atoms with E-state index in [-0.39, 0.29) is 0 Å². The molecule has 4 N–H and O–H groups in total. The summed E-state index contributed by atoms with van der Waals surface area (Å²) in [6.07, 6.45) is 2.58. The quantitative estimate of drug-likeness (QED) is 0.604. The summed E-state index contributed by atoms with van der Waals surface area (Å²) in [5.41, 5.74) is 4.80. The Morgan fingerprint density at radius 2 is 1.67 bits per heavy atom. The highest BCUT2D eigenvalue weighted by molar-refractivity contribution is 5.96. The molecule has 0 aromatic carbocycles. The van der Waals surface area contributed by atoms with Crippen molar-refractivity contribution in [2.45, 2.75) is 25.7 Å². The van der Waals surface area contributed by atoms with Crippen LogP contribution in [0.1, 0.15) is 25.7 Å². The smallest absolute Gasteiger partial charge is 0.318 e. The summed E-state index contributed by atoms with van der Waals surface area (Å²) in [4.78, 5) is 32.8. The lowest BCUT2D eigenvalue weighted by molar-refractivity contribution is -0.148. The summed E-state index contributed by atoms with van der Waals surface area (Å²) < 4.78 is 0. The number of amides is 3. The van der Waals surface area contributed by atoms with Crippen molar-refractivity contribution in [3.8, 4) is 0 Å². The molecule has 0 aromatic rings. The van der Waals surface area contributed by atoms with Gasteiger partial charge in [-0.3, -0.25) is 14.9 Å². The molecule has 6 nitrogen and oxygen atoms in total. The highest BCUT2D eigenvalue weighted by Gasteiger charge is 2.35. The topological polar surface area (TPSA) is 109 Å². The van der Waals surface area contributed by atoms with Crippen LogP contribution in [0.4, 0.5) is 4.79 Å². The molecule has 6 heteroatoms. The van der Waals surface area contributed by atoms with Gasteiger partial charge in [0.05, 0.1) is 11.8 Å². The fraction of sp³-hybridized carbons (Fsp3) is 0.667. The van der Waals surface area contributed by atoms with Crippen molar-refractivity contribution >= 4 is 17.9 Å². The summed E-state index contributed by atoms with van der Waals surface area (Å²) in [5.74, 6) is -2.89. The molecule has 0 spiro atoms. The fourth-order valence-corrected chi connectivity index (χ4v) is 1.95. The van der Waals surface area contributed by atoms with Gasteiger partial charge in [-0.15, -0.1) is 0 Å². The highest BCUT2D eigenvalue weighted by atomic mass is 16.4. The van der Waals surface area contributed by atoms with Crippen LogP contribution in [0.25, 0.3) is 0 Å². The van der Waals surface area contributed by atoms with Gasteiger partial charge in [0.15, 0.2) is 0 Å². The number of imide groups is 1. The zero-order valence-corrected chi connectivity index (χ0v) is 8.23. The van der Waals surface area contributed by atoms with Crippen molar-refractivity contribution in [1.82, 2.24) is 5.32 Å². The maximum atomic E-state index is 11.4. The van der Waals surface area contributed by atoms with Gasteiger partial charge in [-0.25, -0.2) is 4.79 Å². The van der Waals surface area contributed by atoms with Crippen LogP contribution in [0.2, 0.25) is 0 Å². The molecule has 1 aliphatic carbocycles. The number of nitrogens with one attached hydrogen (secondary N) is 1. The fourth-order valence-electron chi connectivity index (χ4n) is 1.95. The van der Waals surface area contributed by atoms with E-state index in [9.17, 15) is 14.4 Å². The Hall–Kier alpha value is -1.59. The van der Waals surface area contributed by atoms with Crippen molar-refractivity contribution < 1.29 is 19.5 Å². The molecule has 0 heterocycles. The van der Waals surface area contributed by atoms with E-state index in [1.165, 1.54) is 0 Å². The number of carboxylic acid groups (broad SMARTS) is 1. The number of hydrogen-bond donors (Lipinski definition) is 3. The maximum absolute atomic E-state index is 11.4. The lowest BCUT2D eigenvalue weighted by atomic mass is 9.79. The van der Waals surface area contributed by atoms with E-state index in [1.807, 2.05) is 5.32 Å². The van der Waals surface area contributed by atoms with E-state index in [0.29, 0.717) is 12.8 Å². The minimum Gasteiger partial charge on any atom is -0.481 e. The number of carbonyl (C=O) groups is 3. The van der Waals surface area contributed by atoms with E-state index in [2.05, 4.69) is 0 Å². The summed E-state index contributed by atoms with van der Waals surface area (Å²) in [6, 6.07) is -0.935. The van der Waals surface area contributed by atoms with Crippen LogP contribution in [0, 0.1) is 11.8 Å². The Kier molecular flexibility index (Phi) is 3.65. The maximum Gasteiger partial charge on any atom is 0.318 e. The van der Waals surface area contributed by atoms with Crippen LogP contribution in [-0.2, 0) is 9.59 Å². The van der Waals surface area contributed by atoms with Gasteiger partial charge in [0.25, 0.3) is 0 Å². The van der Waals surface area contributed by atoms with Gasteiger partial charge >= 0.3 is 12.0 Å². The first-order chi connectivity index (χ1) is 7.02. The Morgan fingerprint density at radius 3 is 2.13 bits per heavy atom. The molecular formula is C9H14N2O4. The second kappa shape index (κ2) is 4.77. The first kappa shape index (κ1) is 11.5. The third-order valence-electron chi connectivity index (χ3n) is 2.67. The summed E-state index contributed by atoms with van der Waals surface area (Å²) in [6.45, 7) is 0. The van der Waals surface area contributed by atoms with Crippen LogP contribution >= 0.6 is 0 Å². The van der Waals surface area contributed by atoms with Gasteiger partial charge < -0.3 is 10.8 Å². The second-order valence-electron chi connectivity index (χ2n) is 3.69. The molecule has 3 amide bonds. The Bertz CT molecular complexity index is 290. The standard InChI is InChI=1S/C9H14N2O4/c10-9(15)11-7(12)5-3-1-2-4-6(5)8(13)14/h5-6H,1-4H2,(H,13,14)(H3,10,11,12,15)/t5-,6+/m0/s1. The minimum atomic E-state index is -0.987. The molecule has 15 heavy (non-hydrogen) atoms. The number of carbonyl (C=O) groups excluding carboxylic acids is 2. The van der Waals surface area contributed by atoms with Crippen LogP contribution in [0.3, 0.4) is 0 Å². The molecule has 1 aliphatic rings. The van der Waals surface area contributed by atoms with Gasteiger partial charge in [-0.05, 0) is 12.8 Å². The summed E-state index contributed by atoms with van der Waals surface area (Å²) in [7, 11) is 0. The van der Waals surface area contributed by atoms with E-state index >= 15 is 0 Å². The number of nitrogens with two attached hydrogens (primary N) is 1. The number of carboxylic acids is 1. The van der Waals surface area contributed by atoms with E-state index in [1.54, 1.807) is 0 Å². The first-order valence-electron chi connectivity index (χ1n) is 4.85. The average Bonchev–Trinajstić information content (AvgIpc) is 2.16. The molecule has 1 saturated carbocycles. The molecule has 0 aromatic heterocycles. The molecule has 2 atom stereocenters. The Morgan fingerprint density at radius 1 is 1.13 bits per heavy atom. The van der Waals surface area contributed by atoms with Crippen molar-refractivity contribution in [2.75, 3.05) is 0 Å². The van der Waals surface area contributed by atoms with Crippen LogP contribution in [0.15, 0.2) is 0 Å². The third-order valence-corrected chi connectivity index (χ3v) is 2.67. The molecule has 0 radical (unpaired) electrons. The van der Waals surface area contributed by atoms with Crippen molar-refractivity contribution in [2.24, 2.45) is 17.6 Å². The number of aliphatic carboxylic acids is 1. The third kappa shape index (κ3) is 2.93. The zero-order valence-electron chi connectivity index (χ0n) is 8.23. The lowest BCUT2D eigenvalue weighted by Crippen LogP contribution is -2.44. The summed E-state index contributed by atoms with van der Waals surface area (Å²) >= 11 is 0. The van der Waals surface area contributed by atoms with Gasteiger partial charge in [0.1, 0.15) is 0 Å². The summed E-state index contributed by atoms with van der Waals surface area (Å²) in [5, 5.41) is 10.8. The largest absolute Gasteiger partial charge is 0.481 e. The first-order valence-corrected chi connectivity index (χ1v) is 4.85. The number of hydrogen-bond acceptors (Lipinski definition) is 3. The Labute approximate surface area is 86.8 Å². The van der Waals surface area contributed by atoms with E-state index in [0.717, 1.165) is 12.8 Å². The molecule has 84 valence electrons. The van der Waals surface area contributed by atoms with Crippen LogP contribution in [-0.4, -0.2) is 23.0 Å². The molecule has 1 rings (SSSR count). The minimum absolute atomic E-state index is 0.478. The number of primary amides is 1. The number of urea groups is 1. The normalized spacial score (nSPS) is 25.6. The van der Waals surface area contributed by atoms with Crippen molar-refractivity contribution in [3.63, 3.8) is 0 Å². The molecular weight excluding hydrogens is 200 g/mol. The van der Waals surface area contributed by atoms with Crippen LogP contribution in [0.5, 0.6) is 0 Å². The molecule has 0 unspecified atom stereocenters. The average molecular weight is 214 g/mol. The van der Waals surface area contributed by atoms with E-state index in [4.69, 9.17) is 10.8 Å². The van der Waals surface area contributed by atoms with Crippen molar-refractivity contribution in [3.05, 3.63) is 0 Å². The zero-order chi connectivity index (χ0) is 11.4. The van der Waals surface area contributed by atoms with Gasteiger partial charge in [0, 0.05) is 0 Å². The molecule has 0 bridgehead atoms. The predicted octanol–water partition coefficient (Wildman–Crippen LogP) is 0.0723. The lowest BCUT2D eigenvalue weighted by Gasteiger charge is -2.26. The Balaban J connectivity index is 2.67. The molecule has 1 fully saturated rings. The van der Waals surface area contributed by atoms with E-state index < -0.39 is 29.7 Å². The van der Waals surface area contributed by atoms with Gasteiger partial charge in [-0.1, -0.05) is 12.8 Å². The SMILES string of the molecule is NC(=O)NC(=O)[C@H]1CCCC[C@H]1C(=O)O. The number of rotatable bonds is 2.